The number of anilines is 2. The predicted molar refractivity (Wildman–Crippen MR) is 96.9 cm³/mol. The van der Waals surface area contributed by atoms with Gasteiger partial charge >= 0.3 is 6.03 Å². The molecule has 0 atom stereocenters. The van der Waals surface area contributed by atoms with E-state index >= 15 is 0 Å². The monoisotopic (exact) mass is 339 g/mol. The van der Waals surface area contributed by atoms with Crippen LogP contribution in [0.15, 0.2) is 30.6 Å². The van der Waals surface area contributed by atoms with Crippen molar-refractivity contribution in [1.82, 2.24) is 15.6 Å². The third kappa shape index (κ3) is 3.15. The molecule has 0 radical (unpaired) electrons. The quantitative estimate of drug-likeness (QED) is 0.867. The molecular formula is C18H21N5O2. The van der Waals surface area contributed by atoms with Gasteiger partial charge in [-0.05, 0) is 25.1 Å². The number of carbonyl (C=O) groups excluding carboxylic acids is 2. The summed E-state index contributed by atoms with van der Waals surface area (Å²) in [4.78, 5) is 31.8. The van der Waals surface area contributed by atoms with E-state index in [2.05, 4.69) is 32.7 Å². The van der Waals surface area contributed by atoms with E-state index in [0.717, 1.165) is 49.1 Å². The Balaban J connectivity index is 1.68. The number of carbonyl (C=O) groups is 2. The summed E-state index contributed by atoms with van der Waals surface area (Å²) in [6.07, 6.45) is 4.94. The number of fused-ring (bicyclic) bond motifs is 1. The zero-order valence-corrected chi connectivity index (χ0v) is 14.0. The van der Waals surface area contributed by atoms with Crippen LogP contribution in [-0.4, -0.2) is 49.6 Å². The van der Waals surface area contributed by atoms with Gasteiger partial charge in [0, 0.05) is 55.3 Å². The number of urea groups is 1. The number of aromatic nitrogens is 1. The Bertz CT molecular complexity index is 814. The fourth-order valence-electron chi connectivity index (χ4n) is 3.46. The number of imide groups is 1. The van der Waals surface area contributed by atoms with E-state index in [-0.39, 0.29) is 11.9 Å². The Labute approximate surface area is 146 Å². The van der Waals surface area contributed by atoms with E-state index in [9.17, 15) is 9.59 Å². The second kappa shape index (κ2) is 6.68. The van der Waals surface area contributed by atoms with Gasteiger partial charge in [-0.3, -0.25) is 20.0 Å². The molecule has 0 unspecified atom stereocenters. The third-order valence-electron chi connectivity index (χ3n) is 4.77. The molecule has 0 bridgehead atoms. The van der Waals surface area contributed by atoms with Gasteiger partial charge in [0.25, 0.3) is 0 Å². The molecule has 3 heterocycles. The average Bonchev–Trinajstić information content (AvgIpc) is 2.90. The Morgan fingerprint density at radius 2 is 1.96 bits per heavy atom. The maximum atomic E-state index is 12.2. The SMILES string of the molecule is O=C1CCN(c2cncc3cc(N4CCCNCC4)ccc23)C(=O)N1. The van der Waals surface area contributed by atoms with E-state index in [0.29, 0.717) is 13.0 Å². The molecule has 3 amide bonds. The van der Waals surface area contributed by atoms with Crippen LogP contribution < -0.4 is 20.4 Å². The Morgan fingerprint density at radius 1 is 1.04 bits per heavy atom. The molecular weight excluding hydrogens is 318 g/mol. The summed E-state index contributed by atoms with van der Waals surface area (Å²) >= 11 is 0. The fraction of sp³-hybridized carbons (Fsp3) is 0.389. The minimum Gasteiger partial charge on any atom is -0.370 e. The topological polar surface area (TPSA) is 77.6 Å². The molecule has 0 aliphatic carbocycles. The number of pyridine rings is 1. The molecule has 130 valence electrons. The summed E-state index contributed by atoms with van der Waals surface area (Å²) in [5, 5.41) is 7.75. The van der Waals surface area contributed by atoms with Gasteiger partial charge in [-0.25, -0.2) is 4.79 Å². The van der Waals surface area contributed by atoms with Gasteiger partial charge in [0.05, 0.1) is 11.9 Å². The molecule has 2 N–H and O–H groups in total. The first kappa shape index (κ1) is 15.8. The van der Waals surface area contributed by atoms with E-state index in [1.54, 1.807) is 11.1 Å². The predicted octanol–water partition coefficient (Wildman–Crippen LogP) is 1.48. The molecule has 2 saturated heterocycles. The second-order valence-corrected chi connectivity index (χ2v) is 6.41. The maximum absolute atomic E-state index is 12.2. The fourth-order valence-corrected chi connectivity index (χ4v) is 3.46. The lowest BCUT2D eigenvalue weighted by Gasteiger charge is -2.28. The van der Waals surface area contributed by atoms with Crippen LogP contribution in [0.25, 0.3) is 10.8 Å². The van der Waals surface area contributed by atoms with Crippen LogP contribution in [0.4, 0.5) is 16.2 Å². The summed E-state index contributed by atoms with van der Waals surface area (Å²) in [7, 11) is 0. The van der Waals surface area contributed by atoms with Gasteiger partial charge in [-0.1, -0.05) is 6.07 Å². The molecule has 7 heteroatoms. The van der Waals surface area contributed by atoms with Crippen molar-refractivity contribution in [2.45, 2.75) is 12.8 Å². The molecule has 2 aliphatic rings. The lowest BCUT2D eigenvalue weighted by Crippen LogP contribution is -2.49. The van der Waals surface area contributed by atoms with Gasteiger partial charge in [0.2, 0.25) is 5.91 Å². The number of hydrogen-bond donors (Lipinski definition) is 2. The first-order chi connectivity index (χ1) is 12.2. The Kier molecular flexibility index (Phi) is 4.23. The number of hydrogen-bond acceptors (Lipinski definition) is 5. The van der Waals surface area contributed by atoms with Crippen molar-refractivity contribution in [3.63, 3.8) is 0 Å². The van der Waals surface area contributed by atoms with E-state index in [1.807, 2.05) is 12.3 Å². The molecule has 0 spiro atoms. The van der Waals surface area contributed by atoms with Crippen molar-refractivity contribution in [2.24, 2.45) is 0 Å². The van der Waals surface area contributed by atoms with Gasteiger partial charge in [0.15, 0.2) is 0 Å². The number of nitrogens with one attached hydrogen (secondary N) is 2. The van der Waals surface area contributed by atoms with E-state index in [1.165, 1.54) is 5.69 Å². The lowest BCUT2D eigenvalue weighted by molar-refractivity contribution is -0.120. The molecule has 25 heavy (non-hydrogen) atoms. The number of nitrogens with zero attached hydrogens (tertiary/aromatic N) is 3. The summed E-state index contributed by atoms with van der Waals surface area (Å²) < 4.78 is 0. The van der Waals surface area contributed by atoms with Crippen molar-refractivity contribution < 1.29 is 9.59 Å². The molecule has 7 nitrogen and oxygen atoms in total. The molecule has 2 aromatic rings. The summed E-state index contributed by atoms with van der Waals surface area (Å²) in [6, 6.07) is 5.89. The van der Waals surface area contributed by atoms with Crippen LogP contribution in [0.3, 0.4) is 0 Å². The van der Waals surface area contributed by atoms with Gasteiger partial charge in [-0.15, -0.1) is 0 Å². The largest absolute Gasteiger partial charge is 0.370 e. The van der Waals surface area contributed by atoms with Gasteiger partial charge in [-0.2, -0.15) is 0 Å². The number of amides is 3. The smallest absolute Gasteiger partial charge is 0.328 e. The number of benzene rings is 1. The summed E-state index contributed by atoms with van der Waals surface area (Å²) in [6.45, 7) is 4.43. The first-order valence-electron chi connectivity index (χ1n) is 8.67. The van der Waals surface area contributed by atoms with E-state index in [4.69, 9.17) is 0 Å². The average molecular weight is 339 g/mol. The minimum atomic E-state index is -0.381. The molecule has 0 saturated carbocycles. The van der Waals surface area contributed by atoms with Crippen LogP contribution in [0, 0.1) is 0 Å². The van der Waals surface area contributed by atoms with Gasteiger partial charge in [0.1, 0.15) is 0 Å². The summed E-state index contributed by atoms with van der Waals surface area (Å²) in [5.74, 6) is -0.230. The highest BCUT2D eigenvalue weighted by Crippen LogP contribution is 2.30. The van der Waals surface area contributed by atoms with E-state index < -0.39 is 0 Å². The molecule has 1 aromatic carbocycles. The Hall–Kier alpha value is -2.67. The Morgan fingerprint density at radius 3 is 2.84 bits per heavy atom. The van der Waals surface area contributed by atoms with Crippen molar-refractivity contribution >= 4 is 34.1 Å². The van der Waals surface area contributed by atoms with Crippen LogP contribution in [-0.2, 0) is 4.79 Å². The van der Waals surface area contributed by atoms with Crippen LogP contribution in [0.1, 0.15) is 12.8 Å². The van der Waals surface area contributed by atoms with Gasteiger partial charge < -0.3 is 10.2 Å². The first-order valence-corrected chi connectivity index (χ1v) is 8.67. The van der Waals surface area contributed by atoms with Crippen molar-refractivity contribution in [2.75, 3.05) is 42.5 Å². The molecule has 2 fully saturated rings. The highest BCUT2D eigenvalue weighted by Gasteiger charge is 2.25. The normalized spacial score (nSPS) is 19.0. The summed E-state index contributed by atoms with van der Waals surface area (Å²) in [5.41, 5.74) is 1.92. The molecule has 2 aliphatic heterocycles. The standard InChI is InChI=1S/C18H21N5O2/c24-17-4-8-23(18(25)21-17)16-12-20-11-13-10-14(2-3-15(13)16)22-7-1-5-19-6-9-22/h2-3,10-12,19H,1,4-9H2,(H,21,24,25). The maximum Gasteiger partial charge on any atom is 0.328 e. The zero-order valence-electron chi connectivity index (χ0n) is 14.0. The highest BCUT2D eigenvalue weighted by molar-refractivity contribution is 6.09. The van der Waals surface area contributed by atoms with Crippen molar-refractivity contribution in [1.29, 1.82) is 0 Å². The third-order valence-corrected chi connectivity index (χ3v) is 4.77. The minimum absolute atomic E-state index is 0.230. The van der Waals surface area contributed by atoms with Crippen LogP contribution >= 0.6 is 0 Å². The molecule has 1 aromatic heterocycles. The van der Waals surface area contributed by atoms with Crippen molar-refractivity contribution in [3.05, 3.63) is 30.6 Å². The lowest BCUT2D eigenvalue weighted by atomic mass is 10.1. The molecule has 4 rings (SSSR count). The van der Waals surface area contributed by atoms with Crippen LogP contribution in [0.2, 0.25) is 0 Å². The van der Waals surface area contributed by atoms with Crippen LogP contribution in [0.5, 0.6) is 0 Å². The van der Waals surface area contributed by atoms with Crippen molar-refractivity contribution in [3.8, 4) is 0 Å². The second-order valence-electron chi connectivity index (χ2n) is 6.41. The highest BCUT2D eigenvalue weighted by atomic mass is 16.2. The number of rotatable bonds is 2. The zero-order chi connectivity index (χ0) is 17.2.